The predicted octanol–water partition coefficient (Wildman–Crippen LogP) is 3.29. The molecule has 1 rings (SSSR count). The Bertz CT molecular complexity index is 390. The highest BCUT2D eigenvalue weighted by Crippen LogP contribution is 2.26. The van der Waals surface area contributed by atoms with E-state index >= 15 is 0 Å². The average molecular weight is 288 g/mol. The molecule has 15 heavy (non-hydrogen) atoms. The monoisotopic (exact) mass is 287 g/mol. The zero-order chi connectivity index (χ0) is 11.6. The molecule has 0 saturated carbocycles. The van der Waals surface area contributed by atoms with Gasteiger partial charge in [-0.2, -0.15) is 0 Å². The Morgan fingerprint density at radius 1 is 1.27 bits per heavy atom. The zero-order valence-corrected chi connectivity index (χ0v) is 11.7. The summed E-state index contributed by atoms with van der Waals surface area (Å²) in [6.07, 6.45) is 0. The van der Waals surface area contributed by atoms with Crippen molar-refractivity contribution in [2.45, 2.75) is 13.8 Å². The van der Waals surface area contributed by atoms with Crippen molar-refractivity contribution >= 4 is 33.3 Å². The van der Waals surface area contributed by atoms with Crippen molar-refractivity contribution in [1.29, 1.82) is 0 Å². The maximum Gasteiger partial charge on any atom is 0.264 e. The van der Waals surface area contributed by atoms with Crippen LogP contribution in [0, 0.1) is 13.8 Å². The first-order valence-corrected chi connectivity index (χ1v) is 5.78. The van der Waals surface area contributed by atoms with E-state index in [9.17, 15) is 0 Å². The third-order valence-electron chi connectivity index (χ3n) is 2.02. The van der Waals surface area contributed by atoms with Crippen molar-refractivity contribution in [3.63, 3.8) is 0 Å². The summed E-state index contributed by atoms with van der Waals surface area (Å²) in [5.74, 6) is 0.814. The van der Waals surface area contributed by atoms with Gasteiger partial charge >= 0.3 is 0 Å². The number of aryl methyl sites for hydroxylation is 2. The van der Waals surface area contributed by atoms with Crippen LogP contribution in [0.5, 0.6) is 5.75 Å². The third-order valence-corrected chi connectivity index (χ3v) is 3.32. The molecule has 0 spiro atoms. The minimum absolute atomic E-state index is 0.472. The molecular formula is C11H14BrNOS. The minimum Gasteiger partial charge on any atom is -0.432 e. The predicted molar refractivity (Wildman–Crippen MR) is 70.5 cm³/mol. The lowest BCUT2D eigenvalue weighted by Gasteiger charge is -2.16. The Kier molecular flexibility index (Phi) is 4.11. The number of hydrogen-bond acceptors (Lipinski definition) is 2. The zero-order valence-electron chi connectivity index (χ0n) is 9.30. The average Bonchev–Trinajstić information content (AvgIpc) is 2.13. The normalized spacial score (nSPS) is 9.93. The van der Waals surface area contributed by atoms with E-state index in [1.165, 1.54) is 0 Å². The number of benzene rings is 1. The molecule has 0 aliphatic rings. The quantitative estimate of drug-likeness (QED) is 0.736. The van der Waals surface area contributed by atoms with Crippen LogP contribution in [-0.4, -0.2) is 24.2 Å². The second kappa shape index (κ2) is 4.94. The lowest BCUT2D eigenvalue weighted by atomic mass is 10.1. The van der Waals surface area contributed by atoms with Crippen LogP contribution in [-0.2, 0) is 0 Å². The van der Waals surface area contributed by atoms with Gasteiger partial charge in [-0.3, -0.25) is 0 Å². The van der Waals surface area contributed by atoms with Crippen LogP contribution in [0.25, 0.3) is 0 Å². The molecule has 0 unspecified atom stereocenters. The molecular weight excluding hydrogens is 274 g/mol. The molecule has 0 heterocycles. The van der Waals surface area contributed by atoms with Gasteiger partial charge in [0.1, 0.15) is 5.75 Å². The second-order valence-electron chi connectivity index (χ2n) is 3.63. The number of thiocarbonyl (C=S) groups is 1. The Morgan fingerprint density at radius 2 is 1.87 bits per heavy atom. The van der Waals surface area contributed by atoms with Crippen LogP contribution in [0.1, 0.15) is 11.1 Å². The molecule has 0 aromatic heterocycles. The number of halogens is 1. The first kappa shape index (κ1) is 12.5. The van der Waals surface area contributed by atoms with Gasteiger partial charge in [-0.15, -0.1) is 0 Å². The van der Waals surface area contributed by atoms with Gasteiger partial charge in [-0.05, 0) is 49.3 Å². The molecule has 0 bridgehead atoms. The van der Waals surface area contributed by atoms with E-state index in [1.54, 1.807) is 4.90 Å². The molecule has 0 aliphatic carbocycles. The molecule has 82 valence electrons. The Morgan fingerprint density at radius 3 is 2.40 bits per heavy atom. The maximum atomic E-state index is 5.58. The van der Waals surface area contributed by atoms with Crippen molar-refractivity contribution in [3.8, 4) is 5.75 Å². The topological polar surface area (TPSA) is 12.5 Å². The molecule has 0 radical (unpaired) electrons. The molecule has 1 aromatic carbocycles. The lowest BCUT2D eigenvalue weighted by Crippen LogP contribution is -2.25. The number of hydrogen-bond donors (Lipinski definition) is 0. The standard InChI is InChI=1S/C11H14BrNOS/c1-7-6-10(8(2)5-9(7)12)14-11(15)13(3)4/h5-6H,1-4H3. The van der Waals surface area contributed by atoms with Crippen LogP contribution in [0.3, 0.4) is 0 Å². The summed E-state index contributed by atoms with van der Waals surface area (Å²) >= 11 is 8.56. The van der Waals surface area contributed by atoms with E-state index in [0.29, 0.717) is 5.17 Å². The number of rotatable bonds is 1. The Balaban J connectivity index is 2.96. The molecule has 4 heteroatoms. The van der Waals surface area contributed by atoms with Gasteiger partial charge in [-0.25, -0.2) is 0 Å². The van der Waals surface area contributed by atoms with Crippen LogP contribution >= 0.6 is 28.1 Å². The molecule has 0 saturated heterocycles. The summed E-state index contributed by atoms with van der Waals surface area (Å²) in [5.41, 5.74) is 2.20. The molecule has 0 aliphatic heterocycles. The van der Waals surface area contributed by atoms with Crippen molar-refractivity contribution in [2.75, 3.05) is 14.1 Å². The van der Waals surface area contributed by atoms with Gasteiger partial charge in [0.15, 0.2) is 0 Å². The van der Waals surface area contributed by atoms with Crippen LogP contribution < -0.4 is 4.74 Å². The van der Waals surface area contributed by atoms with Crippen LogP contribution in [0.15, 0.2) is 16.6 Å². The maximum absolute atomic E-state index is 5.58. The smallest absolute Gasteiger partial charge is 0.264 e. The van der Waals surface area contributed by atoms with Crippen LogP contribution in [0.4, 0.5) is 0 Å². The van der Waals surface area contributed by atoms with Gasteiger partial charge in [0.2, 0.25) is 0 Å². The first-order chi connectivity index (χ1) is 6.91. The summed E-state index contributed by atoms with van der Waals surface area (Å²) in [4.78, 5) is 1.77. The largest absolute Gasteiger partial charge is 0.432 e. The third kappa shape index (κ3) is 3.18. The summed E-state index contributed by atoms with van der Waals surface area (Å²) in [6.45, 7) is 4.02. The fourth-order valence-electron chi connectivity index (χ4n) is 1.05. The highest BCUT2D eigenvalue weighted by molar-refractivity contribution is 9.10. The van der Waals surface area contributed by atoms with Gasteiger partial charge < -0.3 is 9.64 Å². The first-order valence-electron chi connectivity index (χ1n) is 4.57. The van der Waals surface area contributed by atoms with Crippen LogP contribution in [0.2, 0.25) is 0 Å². The summed E-state index contributed by atoms with van der Waals surface area (Å²) in [7, 11) is 3.73. The molecule has 0 N–H and O–H groups in total. The summed E-state index contributed by atoms with van der Waals surface area (Å²) < 4.78 is 6.67. The van der Waals surface area contributed by atoms with Gasteiger partial charge in [0.05, 0.1) is 0 Å². The Hall–Kier alpha value is -0.610. The lowest BCUT2D eigenvalue weighted by molar-refractivity contribution is 0.447. The van der Waals surface area contributed by atoms with Crippen molar-refractivity contribution in [3.05, 3.63) is 27.7 Å². The highest BCUT2D eigenvalue weighted by Gasteiger charge is 2.07. The van der Waals surface area contributed by atoms with Gasteiger partial charge in [0.25, 0.3) is 5.17 Å². The highest BCUT2D eigenvalue weighted by atomic mass is 79.9. The fraction of sp³-hybridized carbons (Fsp3) is 0.364. The molecule has 0 amide bonds. The van der Waals surface area contributed by atoms with E-state index in [2.05, 4.69) is 15.9 Å². The molecule has 2 nitrogen and oxygen atoms in total. The van der Waals surface area contributed by atoms with Crippen molar-refractivity contribution in [1.82, 2.24) is 4.90 Å². The molecule has 0 fully saturated rings. The van der Waals surface area contributed by atoms with Gasteiger partial charge in [-0.1, -0.05) is 15.9 Å². The van der Waals surface area contributed by atoms with Crippen molar-refractivity contribution in [2.24, 2.45) is 0 Å². The Labute approximate surface area is 104 Å². The van der Waals surface area contributed by atoms with Crippen molar-refractivity contribution < 1.29 is 4.74 Å². The fourth-order valence-corrected chi connectivity index (χ4v) is 1.60. The minimum atomic E-state index is 0.472. The summed E-state index contributed by atoms with van der Waals surface area (Å²) in [5, 5.41) is 0.472. The van der Waals surface area contributed by atoms with E-state index in [0.717, 1.165) is 21.3 Å². The number of nitrogens with zero attached hydrogens (tertiary/aromatic N) is 1. The second-order valence-corrected chi connectivity index (χ2v) is 4.83. The number of ether oxygens (including phenoxy) is 1. The van der Waals surface area contributed by atoms with E-state index < -0.39 is 0 Å². The molecule has 0 atom stereocenters. The van der Waals surface area contributed by atoms with E-state index in [-0.39, 0.29) is 0 Å². The SMILES string of the molecule is Cc1cc(OC(=S)N(C)C)c(C)cc1Br. The van der Waals surface area contributed by atoms with Gasteiger partial charge in [0, 0.05) is 18.6 Å². The van der Waals surface area contributed by atoms with E-state index in [4.69, 9.17) is 17.0 Å². The molecule has 1 aromatic rings. The summed E-state index contributed by atoms with van der Waals surface area (Å²) in [6, 6.07) is 4.01. The van der Waals surface area contributed by atoms with E-state index in [1.807, 2.05) is 40.1 Å².